The van der Waals surface area contributed by atoms with Gasteiger partial charge in [0.25, 0.3) is 11.8 Å². The van der Waals surface area contributed by atoms with Crippen molar-refractivity contribution in [1.29, 1.82) is 0 Å². The Morgan fingerprint density at radius 3 is 2.24 bits per heavy atom. The van der Waals surface area contributed by atoms with Gasteiger partial charge in [-0.25, -0.2) is 4.39 Å². The van der Waals surface area contributed by atoms with E-state index in [1.165, 1.54) is 31.4 Å². The second kappa shape index (κ2) is 9.79. The number of hydrogen-bond donors (Lipinski definition) is 1. The van der Waals surface area contributed by atoms with Crippen molar-refractivity contribution in [3.63, 3.8) is 0 Å². The number of methoxy groups -OCH3 is 1. The van der Waals surface area contributed by atoms with Gasteiger partial charge in [-0.2, -0.15) is 0 Å². The zero-order chi connectivity index (χ0) is 24.2. The van der Waals surface area contributed by atoms with E-state index in [2.05, 4.69) is 5.32 Å². The maximum absolute atomic E-state index is 13.5. The largest absolute Gasteiger partial charge is 0.496 e. The van der Waals surface area contributed by atoms with Gasteiger partial charge in [0.05, 0.1) is 25.3 Å². The predicted octanol–water partition coefficient (Wildman–Crippen LogP) is 5.01. The first-order valence-corrected chi connectivity index (χ1v) is 10.9. The van der Waals surface area contributed by atoms with Crippen LogP contribution in [-0.2, 0) is 16.1 Å². The molecule has 0 aromatic heterocycles. The fraction of sp³-hybridized carbons (Fsp3) is 0.185. The number of nitrogens with one attached hydrogen (secondary N) is 1. The van der Waals surface area contributed by atoms with Crippen LogP contribution in [-0.4, -0.2) is 29.9 Å². The molecule has 1 aliphatic heterocycles. The lowest BCUT2D eigenvalue weighted by atomic mass is 10.0. The standard InChI is InChI=1S/C27H25FN2O4/c1-17(2)34-22-14-12-21(13-15-22)29-25-24(18-8-10-20(28)11-9-18)26(31)30(27(25)32)16-19-6-4-5-7-23(19)33-3/h4-15,17,29H,16H2,1-3H3. The summed E-state index contributed by atoms with van der Waals surface area (Å²) in [6, 6.07) is 19.8. The number of para-hydroxylation sites is 1. The lowest BCUT2D eigenvalue weighted by Crippen LogP contribution is -2.32. The molecule has 0 saturated carbocycles. The van der Waals surface area contributed by atoms with Crippen molar-refractivity contribution in [2.45, 2.75) is 26.5 Å². The van der Waals surface area contributed by atoms with Crippen LogP contribution in [0.5, 0.6) is 11.5 Å². The van der Waals surface area contributed by atoms with Crippen LogP contribution in [0.4, 0.5) is 10.1 Å². The van der Waals surface area contributed by atoms with Gasteiger partial charge >= 0.3 is 0 Å². The Kier molecular flexibility index (Phi) is 6.63. The van der Waals surface area contributed by atoms with E-state index in [4.69, 9.17) is 9.47 Å². The smallest absolute Gasteiger partial charge is 0.278 e. The fourth-order valence-corrected chi connectivity index (χ4v) is 3.76. The number of anilines is 1. The van der Waals surface area contributed by atoms with Gasteiger partial charge in [0, 0.05) is 11.3 Å². The maximum Gasteiger partial charge on any atom is 0.278 e. The summed E-state index contributed by atoms with van der Waals surface area (Å²) < 4.78 is 24.6. The zero-order valence-corrected chi connectivity index (χ0v) is 19.2. The van der Waals surface area contributed by atoms with Crippen molar-refractivity contribution in [2.75, 3.05) is 12.4 Å². The van der Waals surface area contributed by atoms with E-state index in [-0.39, 0.29) is 23.9 Å². The first-order valence-electron chi connectivity index (χ1n) is 10.9. The second-order valence-corrected chi connectivity index (χ2v) is 8.08. The van der Waals surface area contributed by atoms with Gasteiger partial charge in [0.2, 0.25) is 0 Å². The lowest BCUT2D eigenvalue weighted by Gasteiger charge is -2.17. The summed E-state index contributed by atoms with van der Waals surface area (Å²) in [5, 5.41) is 3.10. The van der Waals surface area contributed by atoms with Gasteiger partial charge in [-0.3, -0.25) is 14.5 Å². The molecule has 0 aliphatic carbocycles. The highest BCUT2D eigenvalue weighted by Gasteiger charge is 2.39. The van der Waals surface area contributed by atoms with E-state index < -0.39 is 17.6 Å². The van der Waals surface area contributed by atoms with E-state index in [0.717, 1.165) is 4.90 Å². The number of benzene rings is 3. The first-order chi connectivity index (χ1) is 16.4. The molecule has 0 unspecified atom stereocenters. The molecule has 0 saturated heterocycles. The average molecular weight is 461 g/mol. The molecule has 3 aromatic rings. The number of amides is 2. The molecule has 4 rings (SSSR count). The van der Waals surface area contributed by atoms with Crippen LogP contribution in [0.15, 0.2) is 78.5 Å². The van der Waals surface area contributed by atoms with Gasteiger partial charge in [-0.1, -0.05) is 30.3 Å². The van der Waals surface area contributed by atoms with Crippen molar-refractivity contribution in [3.05, 3.63) is 95.4 Å². The quantitative estimate of drug-likeness (QED) is 0.479. The Morgan fingerprint density at radius 1 is 0.912 bits per heavy atom. The third kappa shape index (κ3) is 4.78. The fourth-order valence-electron chi connectivity index (χ4n) is 3.76. The molecule has 34 heavy (non-hydrogen) atoms. The number of nitrogens with zero attached hydrogens (tertiary/aromatic N) is 1. The number of rotatable bonds is 8. The number of carbonyl (C=O) groups is 2. The van der Waals surface area contributed by atoms with Gasteiger partial charge in [-0.05, 0) is 61.9 Å². The van der Waals surface area contributed by atoms with E-state index in [1.54, 1.807) is 36.4 Å². The molecule has 1 aliphatic rings. The maximum atomic E-state index is 13.5. The molecule has 2 amide bonds. The summed E-state index contributed by atoms with van der Waals surface area (Å²) >= 11 is 0. The Balaban J connectivity index is 1.69. The zero-order valence-electron chi connectivity index (χ0n) is 19.2. The highest BCUT2D eigenvalue weighted by Crippen LogP contribution is 2.33. The van der Waals surface area contributed by atoms with E-state index in [0.29, 0.717) is 28.3 Å². The molecule has 1 heterocycles. The number of halogens is 1. The molecule has 7 heteroatoms. The molecule has 6 nitrogen and oxygen atoms in total. The summed E-state index contributed by atoms with van der Waals surface area (Å²) in [4.78, 5) is 28.0. The highest BCUT2D eigenvalue weighted by atomic mass is 19.1. The predicted molar refractivity (Wildman–Crippen MR) is 128 cm³/mol. The monoisotopic (exact) mass is 460 g/mol. The van der Waals surface area contributed by atoms with Crippen LogP contribution in [0.2, 0.25) is 0 Å². The number of ether oxygens (including phenoxy) is 2. The third-order valence-corrected chi connectivity index (χ3v) is 5.32. The molecule has 0 bridgehead atoms. The number of hydrogen-bond acceptors (Lipinski definition) is 5. The lowest BCUT2D eigenvalue weighted by molar-refractivity contribution is -0.137. The second-order valence-electron chi connectivity index (χ2n) is 8.08. The van der Waals surface area contributed by atoms with Crippen molar-refractivity contribution in [1.82, 2.24) is 4.90 Å². The van der Waals surface area contributed by atoms with E-state index in [9.17, 15) is 14.0 Å². The van der Waals surface area contributed by atoms with Crippen LogP contribution < -0.4 is 14.8 Å². The topological polar surface area (TPSA) is 67.9 Å². The minimum Gasteiger partial charge on any atom is -0.496 e. The van der Waals surface area contributed by atoms with Crippen molar-refractivity contribution < 1.29 is 23.5 Å². The van der Waals surface area contributed by atoms with Crippen LogP contribution in [0.25, 0.3) is 5.57 Å². The Hall–Kier alpha value is -4.13. The Labute approximate surface area is 197 Å². The SMILES string of the molecule is COc1ccccc1CN1C(=O)C(Nc2ccc(OC(C)C)cc2)=C(c2ccc(F)cc2)C1=O. The minimum absolute atomic E-state index is 0.0316. The molecule has 0 spiro atoms. The van der Waals surface area contributed by atoms with Gasteiger partial charge in [0.15, 0.2) is 0 Å². The molecule has 3 aromatic carbocycles. The van der Waals surface area contributed by atoms with Crippen LogP contribution in [0.3, 0.4) is 0 Å². The minimum atomic E-state index is -0.474. The summed E-state index contributed by atoms with van der Waals surface area (Å²) in [5.74, 6) is -0.0988. The molecular weight excluding hydrogens is 435 g/mol. The van der Waals surface area contributed by atoms with Crippen LogP contribution >= 0.6 is 0 Å². The Morgan fingerprint density at radius 2 is 1.59 bits per heavy atom. The highest BCUT2D eigenvalue weighted by molar-refractivity contribution is 6.36. The molecule has 0 atom stereocenters. The average Bonchev–Trinajstić information content (AvgIpc) is 3.05. The third-order valence-electron chi connectivity index (χ3n) is 5.32. The molecule has 0 fully saturated rings. The van der Waals surface area contributed by atoms with E-state index in [1.807, 2.05) is 26.0 Å². The summed E-state index contributed by atoms with van der Waals surface area (Å²) in [5.41, 5.74) is 2.07. The van der Waals surface area contributed by atoms with Crippen molar-refractivity contribution in [2.24, 2.45) is 0 Å². The van der Waals surface area contributed by atoms with E-state index >= 15 is 0 Å². The number of imide groups is 1. The normalized spacial score (nSPS) is 13.6. The first kappa shape index (κ1) is 23.0. The summed E-state index contributed by atoms with van der Waals surface area (Å²) in [6.45, 7) is 3.91. The van der Waals surface area contributed by atoms with Gasteiger partial charge in [-0.15, -0.1) is 0 Å². The molecular formula is C27H25FN2O4. The van der Waals surface area contributed by atoms with Gasteiger partial charge in [0.1, 0.15) is 23.0 Å². The Bertz CT molecular complexity index is 1230. The molecule has 1 N–H and O–H groups in total. The number of carbonyl (C=O) groups excluding carboxylic acids is 2. The summed E-state index contributed by atoms with van der Waals surface area (Å²) in [6.07, 6.45) is 0.0316. The van der Waals surface area contributed by atoms with Crippen molar-refractivity contribution in [3.8, 4) is 11.5 Å². The summed E-state index contributed by atoms with van der Waals surface area (Å²) in [7, 11) is 1.54. The van der Waals surface area contributed by atoms with Crippen LogP contribution in [0, 0.1) is 5.82 Å². The van der Waals surface area contributed by atoms with Crippen LogP contribution in [0.1, 0.15) is 25.0 Å². The van der Waals surface area contributed by atoms with Gasteiger partial charge < -0.3 is 14.8 Å². The van der Waals surface area contributed by atoms with Crippen molar-refractivity contribution >= 4 is 23.1 Å². The molecule has 174 valence electrons. The molecule has 0 radical (unpaired) electrons.